The van der Waals surface area contributed by atoms with Crippen LogP contribution in [0.5, 0.6) is 0 Å². The van der Waals surface area contributed by atoms with E-state index in [9.17, 15) is 4.57 Å². The van der Waals surface area contributed by atoms with Gasteiger partial charge in [0, 0.05) is 25.5 Å². The molecule has 2 aromatic carbocycles. The standard InChI is InChI=1S/C22H24NO3P/c1-15-14-16(2)22(23-17(15)3)20-8-6-18(7-9-20)19-10-12-21(13-11-19)27(24,25-4)26-5/h6-14H,1-5H3. The minimum absolute atomic E-state index is 0.544. The molecule has 0 fully saturated rings. The highest BCUT2D eigenvalue weighted by molar-refractivity contribution is 7.62. The molecule has 0 amide bonds. The number of aromatic nitrogens is 1. The molecule has 3 rings (SSSR count). The summed E-state index contributed by atoms with van der Waals surface area (Å²) in [6, 6.07) is 17.9. The average molecular weight is 381 g/mol. The van der Waals surface area contributed by atoms with E-state index in [0.29, 0.717) is 5.30 Å². The Kier molecular flexibility index (Phi) is 5.61. The maximum atomic E-state index is 12.4. The van der Waals surface area contributed by atoms with Crippen LogP contribution in [0.15, 0.2) is 54.6 Å². The van der Waals surface area contributed by atoms with E-state index >= 15 is 0 Å². The topological polar surface area (TPSA) is 48.4 Å². The van der Waals surface area contributed by atoms with Crippen molar-refractivity contribution in [1.82, 2.24) is 4.98 Å². The minimum Gasteiger partial charge on any atom is -0.309 e. The van der Waals surface area contributed by atoms with E-state index in [2.05, 4.69) is 44.2 Å². The molecule has 0 radical (unpaired) electrons. The zero-order valence-corrected chi connectivity index (χ0v) is 17.2. The van der Waals surface area contributed by atoms with Crippen LogP contribution < -0.4 is 5.30 Å². The zero-order valence-electron chi connectivity index (χ0n) is 16.3. The second-order valence-corrected chi connectivity index (χ2v) is 8.78. The Balaban J connectivity index is 1.90. The molecule has 0 unspecified atom stereocenters. The Labute approximate surface area is 160 Å². The van der Waals surface area contributed by atoms with Gasteiger partial charge in [-0.1, -0.05) is 42.5 Å². The van der Waals surface area contributed by atoms with Gasteiger partial charge in [0.15, 0.2) is 0 Å². The molecule has 27 heavy (non-hydrogen) atoms. The maximum absolute atomic E-state index is 12.4. The third kappa shape index (κ3) is 3.89. The summed E-state index contributed by atoms with van der Waals surface area (Å²) in [5, 5.41) is 0.544. The summed E-state index contributed by atoms with van der Waals surface area (Å²) in [6.45, 7) is 6.20. The number of hydrogen-bond acceptors (Lipinski definition) is 4. The van der Waals surface area contributed by atoms with Gasteiger partial charge in [-0.05, 0) is 55.2 Å². The SMILES string of the molecule is COP(=O)(OC)c1ccc(-c2ccc(-c3nc(C)c(C)cc3C)cc2)cc1. The largest absolute Gasteiger partial charge is 0.360 e. The summed E-state index contributed by atoms with van der Waals surface area (Å²) < 4.78 is 22.5. The lowest BCUT2D eigenvalue weighted by Crippen LogP contribution is -2.07. The van der Waals surface area contributed by atoms with E-state index in [0.717, 1.165) is 28.1 Å². The van der Waals surface area contributed by atoms with E-state index < -0.39 is 7.60 Å². The molecular weight excluding hydrogens is 357 g/mol. The van der Waals surface area contributed by atoms with Gasteiger partial charge in [-0.25, -0.2) is 0 Å². The summed E-state index contributed by atoms with van der Waals surface area (Å²) in [4.78, 5) is 4.74. The lowest BCUT2D eigenvalue weighted by molar-refractivity contribution is 0.287. The van der Waals surface area contributed by atoms with Crippen molar-refractivity contribution in [3.8, 4) is 22.4 Å². The van der Waals surface area contributed by atoms with E-state index in [-0.39, 0.29) is 0 Å². The van der Waals surface area contributed by atoms with Gasteiger partial charge in [0.25, 0.3) is 0 Å². The fraction of sp³-hybridized carbons (Fsp3) is 0.227. The minimum atomic E-state index is -3.22. The number of benzene rings is 2. The third-order valence-corrected chi connectivity index (χ3v) is 6.70. The Morgan fingerprint density at radius 1 is 0.741 bits per heavy atom. The molecule has 1 heterocycles. The van der Waals surface area contributed by atoms with E-state index in [1.807, 2.05) is 19.1 Å². The average Bonchev–Trinajstić information content (AvgIpc) is 2.70. The Hall–Kier alpha value is -2.26. The second kappa shape index (κ2) is 7.77. The lowest BCUT2D eigenvalue weighted by Gasteiger charge is -2.14. The van der Waals surface area contributed by atoms with Crippen LogP contribution >= 0.6 is 7.60 Å². The summed E-state index contributed by atoms with van der Waals surface area (Å²) >= 11 is 0. The molecule has 0 atom stereocenters. The first-order valence-electron chi connectivity index (χ1n) is 8.76. The summed E-state index contributed by atoms with van der Waals surface area (Å²) in [6.07, 6.45) is 0. The van der Waals surface area contributed by atoms with Gasteiger partial charge in [-0.3, -0.25) is 9.55 Å². The van der Waals surface area contributed by atoms with Gasteiger partial charge < -0.3 is 9.05 Å². The van der Waals surface area contributed by atoms with Gasteiger partial charge in [-0.15, -0.1) is 0 Å². The first kappa shape index (κ1) is 19.5. The third-order valence-electron chi connectivity index (χ3n) is 4.81. The molecule has 0 spiro atoms. The normalized spacial score (nSPS) is 11.6. The highest BCUT2D eigenvalue weighted by atomic mass is 31.2. The van der Waals surface area contributed by atoms with Crippen molar-refractivity contribution in [2.24, 2.45) is 0 Å². The van der Waals surface area contributed by atoms with Crippen molar-refractivity contribution < 1.29 is 13.6 Å². The molecule has 140 valence electrons. The van der Waals surface area contributed by atoms with E-state index in [4.69, 9.17) is 14.0 Å². The molecule has 0 aliphatic rings. The predicted octanol–water partition coefficient (Wildman–Crippen LogP) is 5.45. The number of aryl methyl sites for hydroxylation is 3. The molecule has 0 saturated carbocycles. The van der Waals surface area contributed by atoms with E-state index in [1.165, 1.54) is 25.3 Å². The highest BCUT2D eigenvalue weighted by Crippen LogP contribution is 2.45. The smallest absolute Gasteiger partial charge is 0.309 e. The highest BCUT2D eigenvalue weighted by Gasteiger charge is 2.23. The molecule has 0 bridgehead atoms. The van der Waals surface area contributed by atoms with Crippen LogP contribution in [0.3, 0.4) is 0 Å². The van der Waals surface area contributed by atoms with Crippen molar-refractivity contribution in [2.45, 2.75) is 20.8 Å². The van der Waals surface area contributed by atoms with Gasteiger partial charge in [0.1, 0.15) is 0 Å². The van der Waals surface area contributed by atoms with Crippen LogP contribution in [0, 0.1) is 20.8 Å². The van der Waals surface area contributed by atoms with Gasteiger partial charge in [0.05, 0.1) is 11.0 Å². The fourth-order valence-electron chi connectivity index (χ4n) is 3.08. The molecule has 1 aromatic heterocycles. The molecule has 0 N–H and O–H groups in total. The van der Waals surface area contributed by atoms with Crippen LogP contribution in [0.1, 0.15) is 16.8 Å². The number of hydrogen-bond donors (Lipinski definition) is 0. The molecule has 0 saturated heterocycles. The number of pyridine rings is 1. The Morgan fingerprint density at radius 2 is 1.22 bits per heavy atom. The number of rotatable bonds is 5. The Bertz CT molecular complexity index is 987. The molecular formula is C22H24NO3P. The maximum Gasteiger partial charge on any atom is 0.360 e. The molecule has 0 aliphatic carbocycles. The van der Waals surface area contributed by atoms with Crippen LogP contribution in [0.25, 0.3) is 22.4 Å². The first-order chi connectivity index (χ1) is 12.9. The fourth-order valence-corrected chi connectivity index (χ4v) is 4.16. The van der Waals surface area contributed by atoms with Crippen LogP contribution in [-0.2, 0) is 13.6 Å². The second-order valence-electron chi connectivity index (χ2n) is 6.54. The van der Waals surface area contributed by atoms with Crippen molar-refractivity contribution in [3.05, 3.63) is 71.4 Å². The molecule has 0 aliphatic heterocycles. The van der Waals surface area contributed by atoms with Crippen molar-refractivity contribution in [1.29, 1.82) is 0 Å². The first-order valence-corrected chi connectivity index (χ1v) is 10.3. The van der Waals surface area contributed by atoms with Crippen molar-refractivity contribution in [2.75, 3.05) is 14.2 Å². The van der Waals surface area contributed by atoms with Crippen LogP contribution in [0.2, 0.25) is 0 Å². The molecule has 5 heteroatoms. The number of nitrogens with zero attached hydrogens (tertiary/aromatic N) is 1. The Morgan fingerprint density at radius 3 is 1.74 bits per heavy atom. The van der Waals surface area contributed by atoms with E-state index in [1.54, 1.807) is 12.1 Å². The van der Waals surface area contributed by atoms with Crippen molar-refractivity contribution in [3.63, 3.8) is 0 Å². The monoisotopic (exact) mass is 381 g/mol. The lowest BCUT2D eigenvalue weighted by atomic mass is 10.00. The summed E-state index contributed by atoms with van der Waals surface area (Å²) in [5.74, 6) is 0. The van der Waals surface area contributed by atoms with Gasteiger partial charge in [-0.2, -0.15) is 0 Å². The quantitative estimate of drug-likeness (QED) is 0.551. The van der Waals surface area contributed by atoms with Gasteiger partial charge in [0.2, 0.25) is 0 Å². The van der Waals surface area contributed by atoms with Gasteiger partial charge >= 0.3 is 7.60 Å². The summed E-state index contributed by atoms with van der Waals surface area (Å²) in [5.41, 5.74) is 7.66. The van der Waals surface area contributed by atoms with Crippen LogP contribution in [0.4, 0.5) is 0 Å². The molecule has 3 aromatic rings. The summed E-state index contributed by atoms with van der Waals surface area (Å²) in [7, 11) is -0.438. The zero-order chi connectivity index (χ0) is 19.6. The predicted molar refractivity (Wildman–Crippen MR) is 111 cm³/mol. The van der Waals surface area contributed by atoms with Crippen molar-refractivity contribution >= 4 is 12.9 Å². The van der Waals surface area contributed by atoms with Crippen LogP contribution in [-0.4, -0.2) is 19.2 Å². The molecule has 4 nitrogen and oxygen atoms in total.